The molecule has 1 heterocycles. The molecule has 2 aromatic carbocycles. The second-order valence-corrected chi connectivity index (χ2v) is 9.21. The molecule has 9 heteroatoms. The summed E-state index contributed by atoms with van der Waals surface area (Å²) >= 11 is 0. The highest BCUT2D eigenvalue weighted by molar-refractivity contribution is 6.01. The van der Waals surface area contributed by atoms with Gasteiger partial charge in [-0.2, -0.15) is 5.10 Å². The van der Waals surface area contributed by atoms with Crippen LogP contribution in [0.2, 0.25) is 0 Å². The van der Waals surface area contributed by atoms with Gasteiger partial charge in [0.1, 0.15) is 29.6 Å². The predicted molar refractivity (Wildman–Crippen MR) is 139 cm³/mol. The van der Waals surface area contributed by atoms with Crippen molar-refractivity contribution in [2.45, 2.75) is 33.1 Å². The number of hydrogen-bond donors (Lipinski definition) is 1. The summed E-state index contributed by atoms with van der Waals surface area (Å²) in [6, 6.07) is 14.2. The summed E-state index contributed by atoms with van der Waals surface area (Å²) in [4.78, 5) is 27.8. The number of carbonyl (C=O) groups excluding carboxylic acids is 2. The molecule has 0 unspecified atom stereocenters. The second kappa shape index (κ2) is 11.2. The summed E-state index contributed by atoms with van der Waals surface area (Å²) in [7, 11) is 4.64. The number of rotatable bonds is 9. The molecule has 0 aliphatic heterocycles. The number of hydrogen-bond acceptors (Lipinski definition) is 6. The number of ether oxygens (including phenoxy) is 3. The van der Waals surface area contributed by atoms with E-state index in [0.29, 0.717) is 29.4 Å². The fraction of sp³-hybridized carbons (Fsp3) is 0.370. The highest BCUT2D eigenvalue weighted by Crippen LogP contribution is 2.28. The first-order valence-corrected chi connectivity index (χ1v) is 11.7. The zero-order valence-corrected chi connectivity index (χ0v) is 21.9. The number of carbonyl (C=O) groups is 2. The largest absolute Gasteiger partial charge is 0.497 e. The number of nitrogens with one attached hydrogen (secondary N) is 1. The van der Waals surface area contributed by atoms with E-state index in [9.17, 15) is 9.59 Å². The Hall–Kier alpha value is -4.01. The van der Waals surface area contributed by atoms with Gasteiger partial charge in [-0.3, -0.25) is 9.59 Å². The summed E-state index contributed by atoms with van der Waals surface area (Å²) in [5, 5.41) is 7.67. The van der Waals surface area contributed by atoms with E-state index < -0.39 is 0 Å². The number of anilines is 1. The first kappa shape index (κ1) is 26.6. The van der Waals surface area contributed by atoms with Gasteiger partial charge in [0.25, 0.3) is 5.91 Å². The Bertz CT molecular complexity index is 1210. The number of aromatic nitrogens is 2. The zero-order chi connectivity index (χ0) is 26.5. The van der Waals surface area contributed by atoms with Crippen molar-refractivity contribution in [2.24, 2.45) is 0 Å². The highest BCUT2D eigenvalue weighted by atomic mass is 16.5. The lowest BCUT2D eigenvalue weighted by molar-refractivity contribution is -0.116. The van der Waals surface area contributed by atoms with Crippen LogP contribution in [-0.4, -0.2) is 60.9 Å². The molecule has 0 saturated heterocycles. The van der Waals surface area contributed by atoms with Crippen LogP contribution in [0.5, 0.6) is 17.2 Å². The normalized spacial score (nSPS) is 11.1. The molecule has 1 N–H and O–H groups in total. The molecular weight excluding hydrogens is 460 g/mol. The summed E-state index contributed by atoms with van der Waals surface area (Å²) < 4.78 is 17.5. The van der Waals surface area contributed by atoms with Crippen LogP contribution in [0.3, 0.4) is 0 Å². The van der Waals surface area contributed by atoms with E-state index >= 15 is 0 Å². The van der Waals surface area contributed by atoms with E-state index in [2.05, 4.69) is 26.1 Å². The SMILES string of the molecule is CCN(CC(=O)Nc1cc(C(C)(C)C)nn1-c1ccc(OC)cc1)C(=O)c1ccc(OC)cc1OC. The van der Waals surface area contributed by atoms with Crippen molar-refractivity contribution < 1.29 is 23.8 Å². The third-order valence-corrected chi connectivity index (χ3v) is 5.70. The minimum absolute atomic E-state index is 0.136. The van der Waals surface area contributed by atoms with Gasteiger partial charge in [-0.1, -0.05) is 20.8 Å². The molecule has 0 saturated carbocycles. The number of nitrogens with zero attached hydrogens (tertiary/aromatic N) is 3. The average Bonchev–Trinajstić information content (AvgIpc) is 3.30. The molecule has 0 fully saturated rings. The van der Waals surface area contributed by atoms with Gasteiger partial charge < -0.3 is 24.4 Å². The molecule has 0 aliphatic carbocycles. The summed E-state index contributed by atoms with van der Waals surface area (Å²) in [5.74, 6) is 1.54. The van der Waals surface area contributed by atoms with Crippen LogP contribution in [-0.2, 0) is 10.2 Å². The molecule has 9 nitrogen and oxygen atoms in total. The van der Waals surface area contributed by atoms with Gasteiger partial charge in [0.2, 0.25) is 5.91 Å². The summed E-state index contributed by atoms with van der Waals surface area (Å²) in [6.45, 7) is 8.19. The fourth-order valence-electron chi connectivity index (χ4n) is 3.59. The predicted octanol–water partition coefficient (Wildman–Crippen LogP) is 4.30. The van der Waals surface area contributed by atoms with E-state index in [0.717, 1.165) is 17.1 Å². The van der Waals surface area contributed by atoms with Crippen LogP contribution in [0.25, 0.3) is 5.69 Å². The van der Waals surface area contributed by atoms with Crippen molar-refractivity contribution in [3.63, 3.8) is 0 Å². The molecule has 0 atom stereocenters. The van der Waals surface area contributed by atoms with Gasteiger partial charge in [0.15, 0.2) is 0 Å². The average molecular weight is 495 g/mol. The number of methoxy groups -OCH3 is 3. The highest BCUT2D eigenvalue weighted by Gasteiger charge is 2.24. The van der Waals surface area contributed by atoms with E-state index in [1.807, 2.05) is 37.3 Å². The van der Waals surface area contributed by atoms with Crippen molar-refractivity contribution in [1.29, 1.82) is 0 Å². The molecular formula is C27H34N4O5. The van der Waals surface area contributed by atoms with E-state index in [1.165, 1.54) is 12.0 Å². The Morgan fingerprint density at radius 1 is 0.944 bits per heavy atom. The lowest BCUT2D eigenvalue weighted by Crippen LogP contribution is -2.38. The van der Waals surface area contributed by atoms with Gasteiger partial charge in [0.05, 0.1) is 38.3 Å². The molecule has 3 rings (SSSR count). The molecule has 3 aromatic rings. The molecule has 1 aromatic heterocycles. The van der Waals surface area contributed by atoms with Crippen molar-refractivity contribution >= 4 is 17.6 Å². The van der Waals surface area contributed by atoms with Gasteiger partial charge in [-0.15, -0.1) is 0 Å². The van der Waals surface area contributed by atoms with Gasteiger partial charge in [0, 0.05) is 24.1 Å². The molecule has 0 radical (unpaired) electrons. The van der Waals surface area contributed by atoms with Gasteiger partial charge in [-0.25, -0.2) is 4.68 Å². The molecule has 0 bridgehead atoms. The van der Waals surface area contributed by atoms with Crippen LogP contribution in [0.4, 0.5) is 5.82 Å². The first-order chi connectivity index (χ1) is 17.1. The monoisotopic (exact) mass is 494 g/mol. The van der Waals surface area contributed by atoms with Crippen LogP contribution in [0.1, 0.15) is 43.7 Å². The lowest BCUT2D eigenvalue weighted by Gasteiger charge is -2.22. The maximum absolute atomic E-state index is 13.2. The Balaban J connectivity index is 1.85. The minimum Gasteiger partial charge on any atom is -0.497 e. The third-order valence-electron chi connectivity index (χ3n) is 5.70. The molecule has 0 aliphatic rings. The zero-order valence-electron chi connectivity index (χ0n) is 21.9. The third kappa shape index (κ3) is 5.97. The Morgan fingerprint density at radius 3 is 2.14 bits per heavy atom. The maximum atomic E-state index is 13.2. The Labute approximate surface area is 212 Å². The smallest absolute Gasteiger partial charge is 0.258 e. The van der Waals surface area contributed by atoms with Crippen LogP contribution in [0.15, 0.2) is 48.5 Å². The Morgan fingerprint density at radius 2 is 1.58 bits per heavy atom. The van der Waals surface area contributed by atoms with E-state index in [4.69, 9.17) is 19.3 Å². The number of amides is 2. The van der Waals surface area contributed by atoms with Crippen LogP contribution < -0.4 is 19.5 Å². The standard InChI is InChI=1S/C27H34N4O5/c1-8-30(26(33)21-14-13-20(35-6)15-22(21)36-7)17-25(32)28-24-16-23(27(2,3)4)29-31(24)18-9-11-19(34-5)12-10-18/h9-16H,8,17H2,1-7H3,(H,28,32). The fourth-order valence-corrected chi connectivity index (χ4v) is 3.59. The van der Waals surface area contributed by atoms with Crippen LogP contribution >= 0.6 is 0 Å². The second-order valence-electron chi connectivity index (χ2n) is 9.21. The quantitative estimate of drug-likeness (QED) is 0.477. The van der Waals surface area contributed by atoms with Crippen molar-refractivity contribution in [3.05, 3.63) is 59.8 Å². The molecule has 0 spiro atoms. The maximum Gasteiger partial charge on any atom is 0.258 e. The van der Waals surface area contributed by atoms with Gasteiger partial charge >= 0.3 is 0 Å². The molecule has 36 heavy (non-hydrogen) atoms. The number of likely N-dealkylation sites (N-methyl/N-ethyl adjacent to an activating group) is 1. The topological polar surface area (TPSA) is 94.9 Å². The van der Waals surface area contributed by atoms with Crippen molar-refractivity contribution in [2.75, 3.05) is 39.7 Å². The first-order valence-electron chi connectivity index (χ1n) is 11.7. The summed E-state index contributed by atoms with van der Waals surface area (Å²) in [6.07, 6.45) is 0. The van der Waals surface area contributed by atoms with Crippen LogP contribution in [0, 0.1) is 0 Å². The minimum atomic E-state index is -0.340. The van der Waals surface area contributed by atoms with Crippen molar-refractivity contribution in [1.82, 2.24) is 14.7 Å². The van der Waals surface area contributed by atoms with Gasteiger partial charge in [-0.05, 0) is 43.3 Å². The van der Waals surface area contributed by atoms with Crippen molar-refractivity contribution in [3.8, 4) is 22.9 Å². The Kier molecular flexibility index (Phi) is 8.24. The molecule has 192 valence electrons. The lowest BCUT2D eigenvalue weighted by atomic mass is 9.92. The summed E-state index contributed by atoms with van der Waals surface area (Å²) in [5.41, 5.74) is 1.72. The van der Waals surface area contributed by atoms with E-state index in [-0.39, 0.29) is 23.8 Å². The molecule has 2 amide bonds. The van der Waals surface area contributed by atoms with E-state index in [1.54, 1.807) is 37.1 Å². The number of benzene rings is 2.